The van der Waals surface area contributed by atoms with Crippen LogP contribution >= 0.6 is 0 Å². The summed E-state index contributed by atoms with van der Waals surface area (Å²) in [7, 11) is -0.299. The molecule has 0 aliphatic rings. The number of carboxylic acids is 1. The Bertz CT molecular complexity index is 240. The third-order valence-electron chi connectivity index (χ3n) is 2.32. The summed E-state index contributed by atoms with van der Waals surface area (Å²) < 4.78 is 0. The minimum atomic E-state index is -1.19. The predicted molar refractivity (Wildman–Crippen MR) is 53.5 cm³/mol. The van der Waals surface area contributed by atoms with Crippen LogP contribution in [0.15, 0.2) is 0 Å². The Morgan fingerprint density at radius 3 is 2.19 bits per heavy atom. The minimum Gasteiger partial charge on any atom is -0.550 e. The maximum absolute atomic E-state index is 10.8. The fourth-order valence-electron chi connectivity index (χ4n) is 1.31. The molecule has 3 N–H and O–H groups in total. The minimum absolute atomic E-state index is 0. The van der Waals surface area contributed by atoms with Gasteiger partial charge >= 0.3 is 29.6 Å². The van der Waals surface area contributed by atoms with Crippen molar-refractivity contribution in [2.24, 2.45) is 17.6 Å². The first-order valence-electron chi connectivity index (χ1n) is 4.78. The molecule has 0 aromatic rings. The van der Waals surface area contributed by atoms with Crippen molar-refractivity contribution in [3.63, 3.8) is 0 Å². The van der Waals surface area contributed by atoms with E-state index in [0.717, 1.165) is 0 Å². The van der Waals surface area contributed by atoms with E-state index in [1.54, 1.807) is 13.8 Å². The normalized spacial score (nSPS) is 15.7. The van der Waals surface area contributed by atoms with Gasteiger partial charge in [-0.3, -0.25) is 4.79 Å². The number of carbonyl (C=O) groups excluding carboxylic acids is 2. The van der Waals surface area contributed by atoms with E-state index in [2.05, 4.69) is 0 Å². The number of amides is 1. The van der Waals surface area contributed by atoms with E-state index in [1.807, 2.05) is 0 Å². The average molecular weight is 253 g/mol. The van der Waals surface area contributed by atoms with E-state index in [9.17, 15) is 14.7 Å². The Hall–Kier alpha value is 0.117. The van der Waals surface area contributed by atoms with E-state index in [4.69, 9.17) is 10.5 Å². The van der Waals surface area contributed by atoms with Crippen LogP contribution in [-0.2, 0) is 9.59 Å². The molecule has 16 heavy (non-hydrogen) atoms. The monoisotopic (exact) mass is 253 g/mol. The van der Waals surface area contributed by atoms with Crippen molar-refractivity contribution in [3.05, 3.63) is 0 Å². The Labute approximate surface area is 120 Å². The fourth-order valence-corrected chi connectivity index (χ4v) is 1.70. The van der Waals surface area contributed by atoms with Gasteiger partial charge < -0.3 is 20.4 Å². The van der Waals surface area contributed by atoms with Crippen LogP contribution in [-0.4, -0.2) is 26.4 Å². The molecule has 0 aromatic carbocycles. The van der Waals surface area contributed by atoms with Crippen molar-refractivity contribution in [3.8, 4) is 0 Å². The molecule has 0 aliphatic heterocycles. The molecule has 0 saturated heterocycles. The number of aliphatic carboxylic acids is 1. The van der Waals surface area contributed by atoms with Crippen molar-refractivity contribution in [2.75, 3.05) is 0 Å². The Morgan fingerprint density at radius 1 is 1.38 bits per heavy atom. The molecule has 0 rings (SSSR count). The SMILES string of the molecule is CC(C[C@H](C[C@H](C)[Si]O)C(=O)[O-])C(N)=O.[Na+]. The quantitative estimate of drug-likeness (QED) is 0.448. The zero-order chi connectivity index (χ0) is 12.0. The summed E-state index contributed by atoms with van der Waals surface area (Å²) in [5.41, 5.74) is 4.96. The summed E-state index contributed by atoms with van der Waals surface area (Å²) >= 11 is 0. The topological polar surface area (TPSA) is 103 Å². The Kier molecular flexibility index (Phi) is 10.6. The van der Waals surface area contributed by atoms with Crippen molar-refractivity contribution >= 4 is 21.6 Å². The molecular weight excluding hydrogens is 237 g/mol. The number of carboxylic acid groups (broad SMARTS) is 1. The second-order valence-corrected chi connectivity index (χ2v) is 5.06. The zero-order valence-electron chi connectivity index (χ0n) is 9.90. The molecule has 0 bridgehead atoms. The summed E-state index contributed by atoms with van der Waals surface area (Å²) in [6, 6.07) is 0. The summed E-state index contributed by atoms with van der Waals surface area (Å²) in [5, 5.41) is 10.8. The van der Waals surface area contributed by atoms with Crippen molar-refractivity contribution in [2.45, 2.75) is 32.2 Å². The van der Waals surface area contributed by atoms with Gasteiger partial charge in [-0.05, 0) is 24.3 Å². The van der Waals surface area contributed by atoms with Crippen LogP contribution in [0.5, 0.6) is 0 Å². The first-order chi connectivity index (χ1) is 6.88. The van der Waals surface area contributed by atoms with Crippen LogP contribution in [0, 0.1) is 11.8 Å². The molecule has 1 amide bonds. The smallest absolute Gasteiger partial charge is 0.550 e. The van der Waals surface area contributed by atoms with Crippen LogP contribution in [0.25, 0.3) is 0 Å². The van der Waals surface area contributed by atoms with E-state index in [0.29, 0.717) is 6.42 Å². The molecule has 0 fully saturated rings. The Balaban J connectivity index is 0. The summed E-state index contributed by atoms with van der Waals surface area (Å²) in [4.78, 5) is 30.4. The first kappa shape index (κ1) is 18.5. The number of rotatable bonds is 7. The molecular formula is C9H16NNaO4Si. The third kappa shape index (κ3) is 7.40. The first-order valence-corrected chi connectivity index (χ1v) is 5.80. The van der Waals surface area contributed by atoms with Gasteiger partial charge in [0.15, 0.2) is 0 Å². The van der Waals surface area contributed by atoms with Gasteiger partial charge in [-0.1, -0.05) is 13.8 Å². The fraction of sp³-hybridized carbons (Fsp3) is 0.778. The number of hydrogen-bond acceptors (Lipinski definition) is 4. The van der Waals surface area contributed by atoms with E-state index >= 15 is 0 Å². The molecule has 0 saturated carbocycles. The third-order valence-corrected chi connectivity index (χ3v) is 2.99. The molecule has 0 aromatic heterocycles. The zero-order valence-corrected chi connectivity index (χ0v) is 12.9. The number of primary amides is 1. The standard InChI is InChI=1S/C9H17NO4Si.Na/c1-5(8(10)11)3-7(9(12)13)4-6(2)15-14;/h5-7,14H,3-4H2,1-2H3,(H2,10,11)(H,12,13);/q;+1/p-1/t5?,6-,7+;/m0./s1. The molecule has 7 heteroatoms. The van der Waals surface area contributed by atoms with Crippen LogP contribution in [0.1, 0.15) is 26.7 Å². The molecule has 0 heterocycles. The maximum atomic E-state index is 10.8. The molecule has 3 atom stereocenters. The van der Waals surface area contributed by atoms with Crippen LogP contribution < -0.4 is 40.4 Å². The van der Waals surface area contributed by atoms with Crippen LogP contribution in [0.4, 0.5) is 0 Å². The van der Waals surface area contributed by atoms with Gasteiger partial charge in [0.1, 0.15) is 0 Å². The number of hydrogen-bond donors (Lipinski definition) is 2. The summed E-state index contributed by atoms with van der Waals surface area (Å²) in [6.45, 7) is 3.34. The van der Waals surface area contributed by atoms with Crippen LogP contribution in [0.2, 0.25) is 5.54 Å². The predicted octanol–water partition coefficient (Wildman–Crippen LogP) is -4.32. The average Bonchev–Trinajstić information content (AvgIpc) is 2.15. The Morgan fingerprint density at radius 2 is 1.88 bits per heavy atom. The van der Waals surface area contributed by atoms with Crippen molar-refractivity contribution in [1.82, 2.24) is 0 Å². The van der Waals surface area contributed by atoms with Gasteiger partial charge in [-0.15, -0.1) is 0 Å². The van der Waals surface area contributed by atoms with E-state index in [1.165, 1.54) is 0 Å². The largest absolute Gasteiger partial charge is 1.00 e. The number of carbonyl (C=O) groups is 2. The molecule has 0 aliphatic carbocycles. The van der Waals surface area contributed by atoms with Gasteiger partial charge in [-0.2, -0.15) is 0 Å². The van der Waals surface area contributed by atoms with Gasteiger partial charge in [0, 0.05) is 11.9 Å². The molecule has 1 unspecified atom stereocenters. The maximum Gasteiger partial charge on any atom is 1.00 e. The summed E-state index contributed by atoms with van der Waals surface area (Å²) in [5.74, 6) is -2.90. The molecule has 5 nitrogen and oxygen atoms in total. The number of nitrogens with two attached hydrogens (primary N) is 1. The van der Waals surface area contributed by atoms with E-state index in [-0.39, 0.29) is 51.3 Å². The second kappa shape index (κ2) is 9.18. The van der Waals surface area contributed by atoms with Gasteiger partial charge in [0.25, 0.3) is 0 Å². The van der Waals surface area contributed by atoms with Gasteiger partial charge in [0.2, 0.25) is 15.7 Å². The van der Waals surface area contributed by atoms with Crippen LogP contribution in [0.3, 0.4) is 0 Å². The van der Waals surface area contributed by atoms with Crippen molar-refractivity contribution < 1.29 is 49.0 Å². The molecule has 0 spiro atoms. The summed E-state index contributed by atoms with van der Waals surface area (Å²) in [6.07, 6.45) is 0.487. The second-order valence-electron chi connectivity index (χ2n) is 3.82. The van der Waals surface area contributed by atoms with E-state index < -0.39 is 23.7 Å². The van der Waals surface area contributed by atoms with Crippen molar-refractivity contribution in [1.29, 1.82) is 0 Å². The molecule has 2 radical (unpaired) electrons. The van der Waals surface area contributed by atoms with Gasteiger partial charge in [-0.25, -0.2) is 0 Å². The molecule has 86 valence electrons. The van der Waals surface area contributed by atoms with Gasteiger partial charge in [0.05, 0.1) is 0 Å².